The summed E-state index contributed by atoms with van der Waals surface area (Å²) in [6, 6.07) is 0.722. The molecule has 1 nitrogen and oxygen atoms in total. The van der Waals surface area contributed by atoms with Gasteiger partial charge in [-0.15, -0.1) is 0 Å². The number of nitrogens with one attached hydrogen (secondary N) is 1. The Kier molecular flexibility index (Phi) is 9.06. The predicted octanol–water partition coefficient (Wildman–Crippen LogP) is 3.90. The summed E-state index contributed by atoms with van der Waals surface area (Å²) in [6.07, 6.45) is 7.42. The van der Waals surface area contributed by atoms with E-state index in [2.05, 4.69) is 32.7 Å². The molecule has 0 aliphatic carbocycles. The molecule has 0 aliphatic heterocycles. The van der Waals surface area contributed by atoms with E-state index in [0.29, 0.717) is 0 Å². The highest BCUT2D eigenvalue weighted by Gasteiger charge is 2.04. The summed E-state index contributed by atoms with van der Waals surface area (Å²) in [5.74, 6) is 0. The van der Waals surface area contributed by atoms with Gasteiger partial charge in [-0.25, -0.2) is 0 Å². The fourth-order valence-corrected chi connectivity index (χ4v) is 1.57. The molecule has 84 valence electrons. The summed E-state index contributed by atoms with van der Waals surface area (Å²) in [5.41, 5.74) is 1.40. The molecule has 0 aromatic carbocycles. The minimum atomic E-state index is 0.722. The predicted molar refractivity (Wildman–Crippen MR) is 65.7 cm³/mol. The van der Waals surface area contributed by atoms with Crippen LogP contribution in [0.2, 0.25) is 0 Å². The van der Waals surface area contributed by atoms with Crippen molar-refractivity contribution in [1.29, 1.82) is 0 Å². The van der Waals surface area contributed by atoms with Gasteiger partial charge < -0.3 is 5.32 Å². The molecule has 0 saturated heterocycles. The van der Waals surface area contributed by atoms with Gasteiger partial charge in [-0.2, -0.15) is 0 Å². The van der Waals surface area contributed by atoms with Crippen LogP contribution in [0, 0.1) is 0 Å². The maximum absolute atomic E-state index is 4.04. The number of hydrogen-bond acceptors (Lipinski definition) is 1. The van der Waals surface area contributed by atoms with E-state index < -0.39 is 0 Å². The van der Waals surface area contributed by atoms with E-state index in [1.54, 1.807) is 0 Å². The minimum absolute atomic E-state index is 0.722. The van der Waals surface area contributed by atoms with E-state index in [0.717, 1.165) is 19.0 Å². The first-order chi connectivity index (χ1) is 6.74. The fourth-order valence-electron chi connectivity index (χ4n) is 1.57. The van der Waals surface area contributed by atoms with Gasteiger partial charge in [-0.1, -0.05) is 32.9 Å². The molecule has 0 spiro atoms. The molecule has 0 rings (SSSR count). The highest BCUT2D eigenvalue weighted by Crippen LogP contribution is 2.11. The molecular weight excluding hydrogens is 170 g/mol. The number of hydrogen-bond donors (Lipinski definition) is 1. The van der Waals surface area contributed by atoms with Crippen molar-refractivity contribution in [2.75, 3.05) is 6.54 Å². The van der Waals surface area contributed by atoms with Crippen molar-refractivity contribution in [3.05, 3.63) is 12.2 Å². The van der Waals surface area contributed by atoms with E-state index in [4.69, 9.17) is 0 Å². The monoisotopic (exact) mass is 197 g/mol. The van der Waals surface area contributed by atoms with Crippen molar-refractivity contribution in [2.45, 2.75) is 65.3 Å². The van der Waals surface area contributed by atoms with Crippen LogP contribution in [0.5, 0.6) is 0 Å². The highest BCUT2D eigenvalue weighted by atomic mass is 14.9. The van der Waals surface area contributed by atoms with E-state index in [9.17, 15) is 0 Å². The summed E-state index contributed by atoms with van der Waals surface area (Å²) in [7, 11) is 0. The van der Waals surface area contributed by atoms with Crippen LogP contribution in [0.4, 0.5) is 0 Å². The van der Waals surface area contributed by atoms with Crippen molar-refractivity contribution < 1.29 is 0 Å². The Morgan fingerprint density at radius 1 is 1.29 bits per heavy atom. The van der Waals surface area contributed by atoms with Gasteiger partial charge in [0.15, 0.2) is 0 Å². The third kappa shape index (κ3) is 7.14. The third-order valence-electron chi connectivity index (χ3n) is 2.76. The minimum Gasteiger partial charge on any atom is -0.314 e. The Morgan fingerprint density at radius 3 is 2.50 bits per heavy atom. The lowest BCUT2D eigenvalue weighted by molar-refractivity contribution is 0.455. The van der Waals surface area contributed by atoms with Gasteiger partial charge in [0.2, 0.25) is 0 Å². The maximum Gasteiger partial charge on any atom is 0.00645 e. The van der Waals surface area contributed by atoms with Gasteiger partial charge in [0, 0.05) is 6.04 Å². The molecule has 0 saturated carbocycles. The lowest BCUT2D eigenvalue weighted by Crippen LogP contribution is -2.28. The van der Waals surface area contributed by atoms with Gasteiger partial charge in [0.25, 0.3) is 0 Å². The normalized spacial score (nSPS) is 12.8. The summed E-state index contributed by atoms with van der Waals surface area (Å²) in [5, 5.41) is 3.58. The molecule has 0 amide bonds. The SMILES string of the molecule is C=C(CC)CCCC(CC)NCCC. The van der Waals surface area contributed by atoms with Crippen LogP contribution < -0.4 is 5.32 Å². The van der Waals surface area contributed by atoms with Crippen LogP contribution in [0.15, 0.2) is 12.2 Å². The first-order valence-corrected chi connectivity index (χ1v) is 6.14. The van der Waals surface area contributed by atoms with E-state index in [1.807, 2.05) is 0 Å². The molecule has 0 aliphatic rings. The summed E-state index contributed by atoms with van der Waals surface area (Å²) in [6.45, 7) is 11.9. The molecule has 0 bridgehead atoms. The Hall–Kier alpha value is -0.300. The molecule has 1 atom stereocenters. The molecule has 1 N–H and O–H groups in total. The van der Waals surface area contributed by atoms with Crippen LogP contribution >= 0.6 is 0 Å². The molecule has 1 unspecified atom stereocenters. The molecular formula is C13H27N. The largest absolute Gasteiger partial charge is 0.314 e. The van der Waals surface area contributed by atoms with Crippen molar-refractivity contribution in [1.82, 2.24) is 5.32 Å². The van der Waals surface area contributed by atoms with Crippen molar-refractivity contribution >= 4 is 0 Å². The standard InChI is InChI=1S/C13H27N/c1-5-11-14-13(7-3)10-8-9-12(4)6-2/h13-14H,4-11H2,1-3H3. The van der Waals surface area contributed by atoms with E-state index in [-0.39, 0.29) is 0 Å². The molecule has 1 heteroatoms. The second-order valence-electron chi connectivity index (χ2n) is 4.06. The highest BCUT2D eigenvalue weighted by molar-refractivity contribution is 4.92. The van der Waals surface area contributed by atoms with Crippen molar-refractivity contribution in [3.63, 3.8) is 0 Å². The van der Waals surface area contributed by atoms with E-state index in [1.165, 1.54) is 37.7 Å². The number of rotatable bonds is 9. The lowest BCUT2D eigenvalue weighted by Gasteiger charge is -2.16. The maximum atomic E-state index is 4.04. The Labute approximate surface area is 90.0 Å². The summed E-state index contributed by atoms with van der Waals surface area (Å²) >= 11 is 0. The molecule has 0 aromatic heterocycles. The zero-order valence-electron chi connectivity index (χ0n) is 10.2. The Balaban J connectivity index is 3.46. The zero-order valence-corrected chi connectivity index (χ0v) is 10.2. The number of allylic oxidation sites excluding steroid dienone is 1. The fraction of sp³-hybridized carbons (Fsp3) is 0.846. The Morgan fingerprint density at radius 2 is 2.00 bits per heavy atom. The zero-order chi connectivity index (χ0) is 10.8. The van der Waals surface area contributed by atoms with Gasteiger partial charge in [-0.05, 0) is 45.1 Å². The second kappa shape index (κ2) is 9.26. The van der Waals surface area contributed by atoms with Gasteiger partial charge >= 0.3 is 0 Å². The van der Waals surface area contributed by atoms with Crippen LogP contribution in [0.1, 0.15) is 59.3 Å². The molecule has 0 radical (unpaired) electrons. The van der Waals surface area contributed by atoms with Crippen molar-refractivity contribution in [2.24, 2.45) is 0 Å². The first-order valence-electron chi connectivity index (χ1n) is 6.14. The molecule has 14 heavy (non-hydrogen) atoms. The van der Waals surface area contributed by atoms with E-state index >= 15 is 0 Å². The average Bonchev–Trinajstić information content (AvgIpc) is 2.22. The first kappa shape index (κ1) is 13.7. The van der Waals surface area contributed by atoms with Crippen LogP contribution in [-0.4, -0.2) is 12.6 Å². The van der Waals surface area contributed by atoms with Crippen LogP contribution in [-0.2, 0) is 0 Å². The van der Waals surface area contributed by atoms with Gasteiger partial charge in [-0.3, -0.25) is 0 Å². The Bertz CT molecular complexity index is 140. The van der Waals surface area contributed by atoms with Crippen molar-refractivity contribution in [3.8, 4) is 0 Å². The summed E-state index contributed by atoms with van der Waals surface area (Å²) in [4.78, 5) is 0. The van der Waals surface area contributed by atoms with Crippen LogP contribution in [0.3, 0.4) is 0 Å². The average molecular weight is 197 g/mol. The summed E-state index contributed by atoms with van der Waals surface area (Å²) < 4.78 is 0. The third-order valence-corrected chi connectivity index (χ3v) is 2.76. The quantitative estimate of drug-likeness (QED) is 0.553. The van der Waals surface area contributed by atoms with Gasteiger partial charge in [0.05, 0.1) is 0 Å². The molecule has 0 heterocycles. The topological polar surface area (TPSA) is 12.0 Å². The lowest BCUT2D eigenvalue weighted by atomic mass is 10.0. The molecule has 0 aromatic rings. The van der Waals surface area contributed by atoms with Crippen LogP contribution in [0.25, 0.3) is 0 Å². The van der Waals surface area contributed by atoms with Gasteiger partial charge in [0.1, 0.15) is 0 Å². The smallest absolute Gasteiger partial charge is 0.00645 e. The second-order valence-corrected chi connectivity index (χ2v) is 4.06. The molecule has 0 fully saturated rings.